The maximum Gasteiger partial charge on any atom is 0.224 e. The van der Waals surface area contributed by atoms with Crippen molar-refractivity contribution in [2.75, 3.05) is 23.7 Å². The van der Waals surface area contributed by atoms with Crippen LogP contribution in [0.15, 0.2) is 12.3 Å². The van der Waals surface area contributed by atoms with Gasteiger partial charge in [-0.2, -0.15) is 11.8 Å². The number of aromatic nitrogens is 2. The van der Waals surface area contributed by atoms with Crippen LogP contribution in [0.2, 0.25) is 5.28 Å². The van der Waals surface area contributed by atoms with Crippen LogP contribution in [0.4, 0.5) is 5.82 Å². The largest absolute Gasteiger partial charge is 0.356 e. The summed E-state index contributed by atoms with van der Waals surface area (Å²) in [5.74, 6) is 2.08. The van der Waals surface area contributed by atoms with E-state index in [4.69, 9.17) is 11.6 Å². The Kier molecular flexibility index (Phi) is 3.60. The third-order valence-corrected chi connectivity index (χ3v) is 4.33. The summed E-state index contributed by atoms with van der Waals surface area (Å²) in [6, 6.07) is 1.93. The summed E-state index contributed by atoms with van der Waals surface area (Å²) in [6.07, 6.45) is 2.88. The molecule has 5 heteroatoms. The fourth-order valence-corrected chi connectivity index (χ4v) is 2.99. The second-order valence-electron chi connectivity index (χ2n) is 4.53. The van der Waals surface area contributed by atoms with E-state index >= 15 is 0 Å². The van der Waals surface area contributed by atoms with Gasteiger partial charge in [0.15, 0.2) is 0 Å². The van der Waals surface area contributed by atoms with Crippen LogP contribution in [0.3, 0.4) is 0 Å². The fraction of sp³-hybridized carbons (Fsp3) is 0.636. The molecule has 1 saturated heterocycles. The zero-order valence-corrected chi connectivity index (χ0v) is 11.2. The first kappa shape index (κ1) is 12.0. The predicted molar refractivity (Wildman–Crippen MR) is 70.4 cm³/mol. The minimum absolute atomic E-state index is 0.327. The maximum atomic E-state index is 5.81. The summed E-state index contributed by atoms with van der Waals surface area (Å²) in [6.45, 7) is 6.66. The highest BCUT2D eigenvalue weighted by Crippen LogP contribution is 2.31. The van der Waals surface area contributed by atoms with Crippen molar-refractivity contribution in [2.24, 2.45) is 0 Å². The van der Waals surface area contributed by atoms with Gasteiger partial charge in [0.2, 0.25) is 5.28 Å². The van der Waals surface area contributed by atoms with E-state index in [9.17, 15) is 0 Å². The van der Waals surface area contributed by atoms with Gasteiger partial charge in [-0.15, -0.1) is 0 Å². The zero-order chi connectivity index (χ0) is 11.6. The summed E-state index contributed by atoms with van der Waals surface area (Å²) < 4.78 is 0.367. The van der Waals surface area contributed by atoms with Crippen molar-refractivity contribution in [3.8, 4) is 0 Å². The number of anilines is 1. The molecule has 2 heterocycles. The molecule has 0 atom stereocenters. The molecule has 2 rings (SSSR count). The average molecular weight is 258 g/mol. The molecule has 88 valence electrons. The molecule has 0 spiro atoms. The summed E-state index contributed by atoms with van der Waals surface area (Å²) >= 11 is 7.83. The zero-order valence-electron chi connectivity index (χ0n) is 9.61. The van der Waals surface area contributed by atoms with Gasteiger partial charge >= 0.3 is 0 Å². The van der Waals surface area contributed by atoms with E-state index < -0.39 is 0 Å². The molecule has 0 amide bonds. The Morgan fingerprint density at radius 1 is 1.44 bits per heavy atom. The van der Waals surface area contributed by atoms with Gasteiger partial charge in [-0.05, 0) is 24.1 Å². The van der Waals surface area contributed by atoms with E-state index in [1.807, 2.05) is 17.8 Å². The van der Waals surface area contributed by atoms with Gasteiger partial charge < -0.3 is 4.90 Å². The molecule has 1 aliphatic heterocycles. The number of thioether (sulfide) groups is 1. The van der Waals surface area contributed by atoms with Crippen LogP contribution in [0, 0.1) is 0 Å². The average Bonchev–Trinajstić information content (AvgIpc) is 2.39. The standard InChI is InChI=1S/C11H16ClN3S/c1-11(2)4-6-15(7-8-16-11)9-3-5-13-10(12)14-9/h3,5H,4,6-8H2,1-2H3. The SMILES string of the molecule is CC1(C)CCN(c2ccnc(Cl)n2)CCS1. The predicted octanol–water partition coefficient (Wildman–Crippen LogP) is 2.85. The molecule has 16 heavy (non-hydrogen) atoms. The smallest absolute Gasteiger partial charge is 0.224 e. The second-order valence-corrected chi connectivity index (χ2v) is 6.67. The van der Waals surface area contributed by atoms with Crippen LogP contribution in [-0.2, 0) is 0 Å². The van der Waals surface area contributed by atoms with Crippen LogP contribution in [0.5, 0.6) is 0 Å². The van der Waals surface area contributed by atoms with Crippen molar-refractivity contribution < 1.29 is 0 Å². The molecule has 0 aromatic carbocycles. The van der Waals surface area contributed by atoms with Gasteiger partial charge in [-0.3, -0.25) is 0 Å². The molecule has 1 aromatic rings. The molecule has 0 saturated carbocycles. The Hall–Kier alpha value is -0.480. The summed E-state index contributed by atoms with van der Waals surface area (Å²) in [5, 5.41) is 0.327. The van der Waals surface area contributed by atoms with Crippen LogP contribution >= 0.6 is 23.4 Å². The van der Waals surface area contributed by atoms with Gasteiger partial charge in [-0.25, -0.2) is 9.97 Å². The molecule has 3 nitrogen and oxygen atoms in total. The van der Waals surface area contributed by atoms with Crippen LogP contribution in [-0.4, -0.2) is 33.6 Å². The molecule has 0 aliphatic carbocycles. The Morgan fingerprint density at radius 3 is 3.00 bits per heavy atom. The number of halogens is 1. The topological polar surface area (TPSA) is 29.0 Å². The number of nitrogens with zero attached hydrogens (tertiary/aromatic N) is 3. The van der Waals surface area contributed by atoms with Gasteiger partial charge in [0.25, 0.3) is 0 Å². The minimum Gasteiger partial charge on any atom is -0.356 e. The van der Waals surface area contributed by atoms with E-state index in [1.54, 1.807) is 6.20 Å². The molecule has 1 aliphatic rings. The van der Waals surface area contributed by atoms with Gasteiger partial charge in [-0.1, -0.05) is 13.8 Å². The summed E-state index contributed by atoms with van der Waals surface area (Å²) in [4.78, 5) is 10.5. The van der Waals surface area contributed by atoms with E-state index in [0.717, 1.165) is 24.7 Å². The van der Waals surface area contributed by atoms with E-state index in [2.05, 4.69) is 28.7 Å². The Morgan fingerprint density at radius 2 is 2.25 bits per heavy atom. The number of hydrogen-bond acceptors (Lipinski definition) is 4. The Labute approximate surface area is 106 Å². The van der Waals surface area contributed by atoms with Crippen LogP contribution in [0.25, 0.3) is 0 Å². The first-order valence-corrected chi connectivity index (χ1v) is 6.81. The molecule has 0 unspecified atom stereocenters. The molecular formula is C11H16ClN3S. The lowest BCUT2D eigenvalue weighted by Gasteiger charge is -2.23. The monoisotopic (exact) mass is 257 g/mol. The molecule has 1 fully saturated rings. The highest BCUT2D eigenvalue weighted by Gasteiger charge is 2.24. The highest BCUT2D eigenvalue weighted by molar-refractivity contribution is 8.00. The highest BCUT2D eigenvalue weighted by atomic mass is 35.5. The minimum atomic E-state index is 0.327. The third-order valence-electron chi connectivity index (χ3n) is 2.77. The quantitative estimate of drug-likeness (QED) is 0.724. The lowest BCUT2D eigenvalue weighted by molar-refractivity contribution is 0.635. The first-order valence-electron chi connectivity index (χ1n) is 5.44. The van der Waals surface area contributed by atoms with Crippen molar-refractivity contribution in [3.63, 3.8) is 0 Å². The molecule has 0 bridgehead atoms. The first-order chi connectivity index (χ1) is 7.57. The lowest BCUT2D eigenvalue weighted by atomic mass is 10.1. The van der Waals surface area contributed by atoms with E-state index in [1.165, 1.54) is 6.42 Å². The molecule has 1 aromatic heterocycles. The van der Waals surface area contributed by atoms with Crippen molar-refractivity contribution in [2.45, 2.75) is 25.0 Å². The summed E-state index contributed by atoms with van der Waals surface area (Å²) in [7, 11) is 0. The van der Waals surface area contributed by atoms with Crippen LogP contribution in [0.1, 0.15) is 20.3 Å². The third kappa shape index (κ3) is 3.01. The molecular weight excluding hydrogens is 242 g/mol. The van der Waals surface area contributed by atoms with Crippen molar-refractivity contribution in [1.29, 1.82) is 0 Å². The number of hydrogen-bond donors (Lipinski definition) is 0. The normalized spacial score (nSPS) is 20.6. The lowest BCUT2D eigenvalue weighted by Crippen LogP contribution is -2.27. The second kappa shape index (κ2) is 4.80. The van der Waals surface area contributed by atoms with Crippen molar-refractivity contribution >= 4 is 29.2 Å². The van der Waals surface area contributed by atoms with Gasteiger partial charge in [0, 0.05) is 29.8 Å². The van der Waals surface area contributed by atoms with Crippen molar-refractivity contribution in [3.05, 3.63) is 17.5 Å². The van der Waals surface area contributed by atoms with E-state index in [-0.39, 0.29) is 0 Å². The summed E-state index contributed by atoms with van der Waals surface area (Å²) in [5.41, 5.74) is 0. The Balaban J connectivity index is 2.11. The van der Waals surface area contributed by atoms with Gasteiger partial charge in [0.05, 0.1) is 0 Å². The van der Waals surface area contributed by atoms with Crippen LogP contribution < -0.4 is 4.90 Å². The number of rotatable bonds is 1. The molecule has 0 N–H and O–H groups in total. The Bertz CT molecular complexity index is 370. The van der Waals surface area contributed by atoms with Crippen molar-refractivity contribution in [1.82, 2.24) is 9.97 Å². The fourth-order valence-electron chi connectivity index (χ4n) is 1.75. The maximum absolute atomic E-state index is 5.81. The van der Waals surface area contributed by atoms with Gasteiger partial charge in [0.1, 0.15) is 5.82 Å². The van der Waals surface area contributed by atoms with E-state index in [0.29, 0.717) is 10.0 Å². The molecule has 0 radical (unpaired) electrons.